The van der Waals surface area contributed by atoms with Gasteiger partial charge in [0.25, 0.3) is 0 Å². The van der Waals surface area contributed by atoms with Gasteiger partial charge < -0.3 is 9.64 Å². The molecule has 0 N–H and O–H groups in total. The minimum atomic E-state index is -3.53. The number of ether oxygens (including phenoxy) is 1. The highest BCUT2D eigenvalue weighted by atomic mass is 32.2. The lowest BCUT2D eigenvalue weighted by Crippen LogP contribution is -2.48. The van der Waals surface area contributed by atoms with Gasteiger partial charge in [0, 0.05) is 45.6 Å². The number of pyridine rings is 1. The molecule has 3 rings (SSSR count). The number of hydrogen-bond donors (Lipinski definition) is 0. The lowest BCUT2D eigenvalue weighted by atomic mass is 10.2. The van der Waals surface area contributed by atoms with Gasteiger partial charge in [0.2, 0.25) is 10.0 Å². The number of carbonyl (C=O) groups is 1. The molecule has 1 saturated heterocycles. The second kappa shape index (κ2) is 7.42. The van der Waals surface area contributed by atoms with Gasteiger partial charge in [-0.3, -0.25) is 4.68 Å². The van der Waals surface area contributed by atoms with Gasteiger partial charge in [-0.1, -0.05) is 0 Å². The lowest BCUT2D eigenvalue weighted by Gasteiger charge is -2.34. The molecular formula is C16H21N5O4S. The molecule has 3 heterocycles. The number of aryl methyl sites for hydroxylation is 1. The maximum Gasteiger partial charge on any atom is 0.339 e. The van der Waals surface area contributed by atoms with Gasteiger partial charge in [0.1, 0.15) is 10.7 Å². The second-order valence-corrected chi connectivity index (χ2v) is 7.80. The average molecular weight is 379 g/mol. The third-order valence-corrected chi connectivity index (χ3v) is 5.99. The zero-order valence-corrected chi connectivity index (χ0v) is 15.5. The van der Waals surface area contributed by atoms with Gasteiger partial charge in [-0.05, 0) is 19.1 Å². The lowest BCUT2D eigenvalue weighted by molar-refractivity contribution is 0.0526. The SMILES string of the molecule is CCOC(=O)c1ccc(N2CCN(S(=O)(=O)c3cnn(C)c3)CC2)nc1. The molecule has 0 aliphatic carbocycles. The smallest absolute Gasteiger partial charge is 0.339 e. The number of rotatable bonds is 5. The fourth-order valence-electron chi connectivity index (χ4n) is 2.75. The standard InChI is InChI=1S/C16H21N5O4S/c1-3-25-16(22)13-4-5-15(17-10-13)20-6-8-21(9-7-20)26(23,24)14-11-18-19(2)12-14/h4-5,10-12H,3,6-9H2,1-2H3. The molecule has 1 aliphatic rings. The molecule has 0 unspecified atom stereocenters. The second-order valence-electron chi connectivity index (χ2n) is 5.87. The predicted octanol–water partition coefficient (Wildman–Crippen LogP) is 0.503. The first-order valence-electron chi connectivity index (χ1n) is 8.28. The molecule has 0 amide bonds. The molecule has 0 atom stereocenters. The van der Waals surface area contributed by atoms with Gasteiger partial charge in [-0.2, -0.15) is 9.40 Å². The van der Waals surface area contributed by atoms with Crippen LogP contribution in [0.3, 0.4) is 0 Å². The van der Waals surface area contributed by atoms with E-state index >= 15 is 0 Å². The summed E-state index contributed by atoms with van der Waals surface area (Å²) in [5.41, 5.74) is 0.397. The maximum atomic E-state index is 12.6. The van der Waals surface area contributed by atoms with Crippen LogP contribution >= 0.6 is 0 Å². The van der Waals surface area contributed by atoms with Crippen LogP contribution in [0.25, 0.3) is 0 Å². The van der Waals surface area contributed by atoms with Crippen LogP contribution in [0.5, 0.6) is 0 Å². The number of anilines is 1. The van der Waals surface area contributed by atoms with Crippen molar-refractivity contribution in [2.45, 2.75) is 11.8 Å². The Morgan fingerprint density at radius 2 is 1.92 bits per heavy atom. The molecule has 0 saturated carbocycles. The summed E-state index contributed by atoms with van der Waals surface area (Å²) >= 11 is 0. The van der Waals surface area contributed by atoms with Gasteiger partial charge in [-0.15, -0.1) is 0 Å². The summed E-state index contributed by atoms with van der Waals surface area (Å²) in [6, 6.07) is 3.41. The molecule has 0 bridgehead atoms. The van der Waals surface area contributed by atoms with Crippen molar-refractivity contribution in [3.63, 3.8) is 0 Å². The minimum Gasteiger partial charge on any atom is -0.462 e. The Bertz CT molecular complexity index is 870. The van der Waals surface area contributed by atoms with E-state index in [2.05, 4.69) is 10.1 Å². The van der Waals surface area contributed by atoms with Crippen LogP contribution in [0.2, 0.25) is 0 Å². The molecule has 0 aromatic carbocycles. The van der Waals surface area contributed by atoms with E-state index in [1.54, 1.807) is 26.1 Å². The fraction of sp³-hybridized carbons (Fsp3) is 0.438. The monoisotopic (exact) mass is 379 g/mol. The third kappa shape index (κ3) is 3.70. The average Bonchev–Trinajstić information content (AvgIpc) is 3.09. The van der Waals surface area contributed by atoms with Crippen LogP contribution in [0.1, 0.15) is 17.3 Å². The first kappa shape index (κ1) is 18.3. The van der Waals surface area contributed by atoms with Crippen molar-refractivity contribution in [2.24, 2.45) is 7.05 Å². The predicted molar refractivity (Wildman–Crippen MR) is 94.4 cm³/mol. The first-order valence-corrected chi connectivity index (χ1v) is 9.72. The Hall–Kier alpha value is -2.46. The van der Waals surface area contributed by atoms with Crippen molar-refractivity contribution in [3.8, 4) is 0 Å². The summed E-state index contributed by atoms with van der Waals surface area (Å²) in [7, 11) is -1.85. The Morgan fingerprint density at radius 1 is 1.19 bits per heavy atom. The van der Waals surface area contributed by atoms with Crippen LogP contribution < -0.4 is 4.90 Å². The summed E-state index contributed by atoms with van der Waals surface area (Å²) in [5, 5.41) is 3.93. The van der Waals surface area contributed by atoms with E-state index in [-0.39, 0.29) is 4.90 Å². The molecule has 26 heavy (non-hydrogen) atoms. The molecule has 9 nitrogen and oxygen atoms in total. The van der Waals surface area contributed by atoms with E-state index < -0.39 is 16.0 Å². The van der Waals surface area contributed by atoms with Gasteiger partial charge in [0.05, 0.1) is 18.4 Å². The number of carbonyl (C=O) groups excluding carboxylic acids is 1. The number of nitrogens with zero attached hydrogens (tertiary/aromatic N) is 5. The number of hydrogen-bond acceptors (Lipinski definition) is 7. The summed E-state index contributed by atoms with van der Waals surface area (Å²) in [5.74, 6) is 0.301. The highest BCUT2D eigenvalue weighted by Gasteiger charge is 2.29. The molecule has 10 heteroatoms. The van der Waals surface area contributed by atoms with Crippen molar-refractivity contribution in [2.75, 3.05) is 37.7 Å². The van der Waals surface area contributed by atoms with Crippen molar-refractivity contribution in [1.29, 1.82) is 0 Å². The molecular weight excluding hydrogens is 358 g/mol. The normalized spacial score (nSPS) is 15.8. The summed E-state index contributed by atoms with van der Waals surface area (Å²) in [6.07, 6.45) is 4.33. The molecule has 1 aliphatic heterocycles. The Morgan fingerprint density at radius 3 is 2.46 bits per heavy atom. The van der Waals surface area contributed by atoms with Gasteiger partial charge >= 0.3 is 5.97 Å². The number of sulfonamides is 1. The molecule has 0 radical (unpaired) electrons. The van der Waals surface area contributed by atoms with E-state index in [1.165, 1.54) is 27.6 Å². The summed E-state index contributed by atoms with van der Waals surface area (Å²) in [6.45, 7) is 3.82. The fourth-order valence-corrected chi connectivity index (χ4v) is 4.16. The van der Waals surface area contributed by atoms with Crippen molar-refractivity contribution in [3.05, 3.63) is 36.3 Å². The number of piperazine rings is 1. The maximum absolute atomic E-state index is 12.6. The topological polar surface area (TPSA) is 97.6 Å². The minimum absolute atomic E-state index is 0.199. The van der Waals surface area contributed by atoms with E-state index in [0.717, 1.165) is 0 Å². The van der Waals surface area contributed by atoms with Crippen LogP contribution in [-0.2, 0) is 21.8 Å². The van der Waals surface area contributed by atoms with Gasteiger partial charge in [-0.25, -0.2) is 18.2 Å². The van der Waals surface area contributed by atoms with E-state index in [0.29, 0.717) is 44.2 Å². The van der Waals surface area contributed by atoms with Crippen molar-refractivity contribution < 1.29 is 17.9 Å². The van der Waals surface area contributed by atoms with Crippen LogP contribution in [0.4, 0.5) is 5.82 Å². The highest BCUT2D eigenvalue weighted by molar-refractivity contribution is 7.89. The Balaban J connectivity index is 1.64. The van der Waals surface area contributed by atoms with Crippen LogP contribution in [0, 0.1) is 0 Å². The molecule has 2 aromatic heterocycles. The van der Waals surface area contributed by atoms with Gasteiger partial charge in [0.15, 0.2) is 0 Å². The third-order valence-electron chi connectivity index (χ3n) is 4.14. The highest BCUT2D eigenvalue weighted by Crippen LogP contribution is 2.20. The Labute approximate surface area is 152 Å². The summed E-state index contributed by atoms with van der Waals surface area (Å²) < 4.78 is 33.1. The van der Waals surface area contributed by atoms with Crippen molar-refractivity contribution >= 4 is 21.8 Å². The van der Waals surface area contributed by atoms with Crippen LogP contribution in [-0.4, -0.2) is 66.2 Å². The molecule has 0 spiro atoms. The quantitative estimate of drug-likeness (QED) is 0.698. The van der Waals surface area contributed by atoms with E-state index in [1.807, 2.05) is 4.90 Å². The zero-order valence-electron chi connectivity index (χ0n) is 14.7. The van der Waals surface area contributed by atoms with E-state index in [9.17, 15) is 13.2 Å². The molecule has 140 valence electrons. The summed E-state index contributed by atoms with van der Waals surface area (Å²) in [4.78, 5) is 18.2. The number of esters is 1. The zero-order chi connectivity index (χ0) is 18.7. The molecule has 1 fully saturated rings. The molecule has 2 aromatic rings. The van der Waals surface area contributed by atoms with Crippen LogP contribution in [0.15, 0.2) is 35.6 Å². The number of aromatic nitrogens is 3. The largest absolute Gasteiger partial charge is 0.462 e. The Kier molecular flexibility index (Phi) is 5.23. The first-order chi connectivity index (χ1) is 12.4. The van der Waals surface area contributed by atoms with Crippen molar-refractivity contribution in [1.82, 2.24) is 19.1 Å². The van der Waals surface area contributed by atoms with E-state index in [4.69, 9.17) is 4.74 Å².